The molecule has 8 heteroatoms. The lowest BCUT2D eigenvalue weighted by Crippen LogP contribution is -2.21. The zero-order valence-electron chi connectivity index (χ0n) is 14.3. The highest BCUT2D eigenvalue weighted by Crippen LogP contribution is 2.27. The first-order valence-corrected chi connectivity index (χ1v) is 8.78. The molecular formula is C18H17N3O4S. The number of hydrogen-bond donors (Lipinski definition) is 1. The first-order valence-electron chi connectivity index (χ1n) is 7.96. The SMILES string of the molecule is CCOC(=O)c1sc2ncn(Cc3ccc(C(N)=O)cc3)c(=O)c2c1C. The van der Waals surface area contributed by atoms with Crippen LogP contribution in [0.25, 0.3) is 10.2 Å². The number of nitrogens with two attached hydrogens (primary N) is 1. The number of esters is 1. The Kier molecular flexibility index (Phi) is 4.85. The van der Waals surface area contributed by atoms with E-state index in [-0.39, 0.29) is 12.2 Å². The highest BCUT2D eigenvalue weighted by atomic mass is 32.1. The summed E-state index contributed by atoms with van der Waals surface area (Å²) >= 11 is 1.16. The monoisotopic (exact) mass is 371 g/mol. The smallest absolute Gasteiger partial charge is 0.348 e. The van der Waals surface area contributed by atoms with Gasteiger partial charge in [0.1, 0.15) is 9.71 Å². The molecule has 134 valence electrons. The maximum atomic E-state index is 12.8. The van der Waals surface area contributed by atoms with Crippen molar-refractivity contribution in [2.45, 2.75) is 20.4 Å². The molecule has 0 bridgehead atoms. The van der Waals surface area contributed by atoms with Crippen molar-refractivity contribution in [3.8, 4) is 0 Å². The highest BCUT2D eigenvalue weighted by molar-refractivity contribution is 7.20. The van der Waals surface area contributed by atoms with Gasteiger partial charge >= 0.3 is 5.97 Å². The van der Waals surface area contributed by atoms with Gasteiger partial charge in [-0.25, -0.2) is 9.78 Å². The fraction of sp³-hybridized carbons (Fsp3) is 0.222. The number of primary amides is 1. The van der Waals surface area contributed by atoms with Crippen molar-refractivity contribution in [3.63, 3.8) is 0 Å². The first-order chi connectivity index (χ1) is 12.4. The average Bonchev–Trinajstić information content (AvgIpc) is 2.95. The molecule has 0 aliphatic carbocycles. The number of ether oxygens (including phenoxy) is 1. The van der Waals surface area contributed by atoms with Crippen molar-refractivity contribution in [1.29, 1.82) is 0 Å². The Hall–Kier alpha value is -3.00. The highest BCUT2D eigenvalue weighted by Gasteiger charge is 2.20. The Morgan fingerprint density at radius 1 is 1.27 bits per heavy atom. The number of nitrogens with zero attached hydrogens (tertiary/aromatic N) is 2. The molecule has 0 aliphatic rings. The van der Waals surface area contributed by atoms with E-state index < -0.39 is 11.9 Å². The van der Waals surface area contributed by atoms with E-state index in [2.05, 4.69) is 4.98 Å². The van der Waals surface area contributed by atoms with Gasteiger partial charge < -0.3 is 10.5 Å². The van der Waals surface area contributed by atoms with E-state index in [9.17, 15) is 14.4 Å². The van der Waals surface area contributed by atoms with Gasteiger partial charge in [0.15, 0.2) is 0 Å². The summed E-state index contributed by atoms with van der Waals surface area (Å²) in [6.07, 6.45) is 1.46. The van der Waals surface area contributed by atoms with E-state index in [1.165, 1.54) is 10.9 Å². The number of rotatable bonds is 5. The summed E-state index contributed by atoms with van der Waals surface area (Å²) in [7, 11) is 0. The lowest BCUT2D eigenvalue weighted by Gasteiger charge is -2.06. The van der Waals surface area contributed by atoms with Crippen LogP contribution < -0.4 is 11.3 Å². The minimum atomic E-state index is -0.503. The third kappa shape index (κ3) is 3.23. The van der Waals surface area contributed by atoms with Gasteiger partial charge in [-0.3, -0.25) is 14.2 Å². The Morgan fingerprint density at radius 3 is 2.58 bits per heavy atom. The molecule has 0 spiro atoms. The molecule has 0 atom stereocenters. The third-order valence-corrected chi connectivity index (χ3v) is 5.15. The molecule has 0 radical (unpaired) electrons. The van der Waals surface area contributed by atoms with E-state index in [1.807, 2.05) is 0 Å². The van der Waals surface area contributed by atoms with Crippen LogP contribution >= 0.6 is 11.3 Å². The molecule has 1 aromatic carbocycles. The second-order valence-electron chi connectivity index (χ2n) is 5.70. The van der Waals surface area contributed by atoms with Crippen LogP contribution in [0.2, 0.25) is 0 Å². The van der Waals surface area contributed by atoms with Crippen LogP contribution in [0.1, 0.15) is 38.1 Å². The maximum Gasteiger partial charge on any atom is 0.348 e. The number of benzene rings is 1. The van der Waals surface area contributed by atoms with E-state index >= 15 is 0 Å². The third-order valence-electron chi connectivity index (χ3n) is 3.97. The van der Waals surface area contributed by atoms with Crippen LogP contribution in [0.4, 0.5) is 0 Å². The molecule has 2 aromatic heterocycles. The number of amides is 1. The Labute approximate surface area is 153 Å². The van der Waals surface area contributed by atoms with E-state index in [4.69, 9.17) is 10.5 Å². The molecule has 0 saturated carbocycles. The summed E-state index contributed by atoms with van der Waals surface area (Å²) in [6, 6.07) is 6.70. The second-order valence-corrected chi connectivity index (χ2v) is 6.69. The topological polar surface area (TPSA) is 104 Å². The number of aryl methyl sites for hydroxylation is 1. The van der Waals surface area contributed by atoms with Crippen LogP contribution in [-0.2, 0) is 11.3 Å². The van der Waals surface area contributed by atoms with Crippen LogP contribution in [-0.4, -0.2) is 28.0 Å². The van der Waals surface area contributed by atoms with Gasteiger partial charge in [0.05, 0.1) is 24.9 Å². The summed E-state index contributed by atoms with van der Waals surface area (Å²) in [5, 5.41) is 0.425. The molecule has 0 saturated heterocycles. The van der Waals surface area contributed by atoms with Crippen molar-refractivity contribution in [2.24, 2.45) is 5.73 Å². The number of hydrogen-bond acceptors (Lipinski definition) is 6. The lowest BCUT2D eigenvalue weighted by molar-refractivity contribution is 0.0531. The molecule has 0 fully saturated rings. The van der Waals surface area contributed by atoms with E-state index in [0.717, 1.165) is 16.9 Å². The fourth-order valence-corrected chi connectivity index (χ4v) is 3.67. The molecule has 26 heavy (non-hydrogen) atoms. The molecule has 2 heterocycles. The summed E-state index contributed by atoms with van der Waals surface area (Å²) in [5.41, 5.74) is 6.82. The predicted octanol–water partition coefficient (Wildman–Crippen LogP) is 2.09. The number of fused-ring (bicyclic) bond motifs is 1. The van der Waals surface area contributed by atoms with Gasteiger partial charge in [0, 0.05) is 5.56 Å². The quantitative estimate of drug-likeness (QED) is 0.692. The first kappa shape index (κ1) is 17.8. The van der Waals surface area contributed by atoms with E-state index in [1.54, 1.807) is 38.1 Å². The largest absolute Gasteiger partial charge is 0.462 e. The van der Waals surface area contributed by atoms with Crippen molar-refractivity contribution < 1.29 is 14.3 Å². The van der Waals surface area contributed by atoms with Crippen molar-refractivity contribution in [1.82, 2.24) is 9.55 Å². The standard InChI is InChI=1S/C18H17N3O4S/c1-3-25-18(24)14-10(2)13-16(26-14)20-9-21(17(13)23)8-11-4-6-12(7-5-11)15(19)22/h4-7,9H,3,8H2,1-2H3,(H2,19,22). The Balaban J connectivity index is 1.99. The molecule has 3 aromatic rings. The fourth-order valence-electron chi connectivity index (χ4n) is 2.63. The zero-order chi connectivity index (χ0) is 18.8. The van der Waals surface area contributed by atoms with Crippen LogP contribution in [0.15, 0.2) is 35.4 Å². The van der Waals surface area contributed by atoms with Gasteiger partial charge in [-0.1, -0.05) is 12.1 Å². The minimum Gasteiger partial charge on any atom is -0.462 e. The van der Waals surface area contributed by atoms with Crippen LogP contribution in [0, 0.1) is 6.92 Å². The lowest BCUT2D eigenvalue weighted by atomic mass is 10.1. The molecular weight excluding hydrogens is 354 g/mol. The second kappa shape index (κ2) is 7.09. The van der Waals surface area contributed by atoms with Gasteiger partial charge in [-0.15, -0.1) is 11.3 Å². The summed E-state index contributed by atoms with van der Waals surface area (Å²) < 4.78 is 6.50. The molecule has 0 unspecified atom stereocenters. The Bertz CT molecular complexity index is 1050. The number of aromatic nitrogens is 2. The van der Waals surface area contributed by atoms with Crippen molar-refractivity contribution >= 4 is 33.4 Å². The molecule has 7 nitrogen and oxygen atoms in total. The van der Waals surface area contributed by atoms with Crippen molar-refractivity contribution in [3.05, 3.63) is 62.5 Å². The van der Waals surface area contributed by atoms with Crippen LogP contribution in [0.5, 0.6) is 0 Å². The average molecular weight is 371 g/mol. The molecule has 1 amide bonds. The molecule has 0 aliphatic heterocycles. The predicted molar refractivity (Wildman–Crippen MR) is 98.6 cm³/mol. The minimum absolute atomic E-state index is 0.224. The maximum absolute atomic E-state index is 12.8. The van der Waals surface area contributed by atoms with Crippen LogP contribution in [0.3, 0.4) is 0 Å². The van der Waals surface area contributed by atoms with E-state index in [0.29, 0.717) is 32.8 Å². The zero-order valence-corrected chi connectivity index (χ0v) is 15.1. The summed E-state index contributed by atoms with van der Waals surface area (Å²) in [5.74, 6) is -0.946. The van der Waals surface area contributed by atoms with Gasteiger partial charge in [0.2, 0.25) is 5.91 Å². The summed E-state index contributed by atoms with van der Waals surface area (Å²) in [4.78, 5) is 41.2. The van der Waals surface area contributed by atoms with Gasteiger partial charge in [-0.05, 0) is 37.1 Å². The molecule has 3 rings (SSSR count). The number of carbonyl (C=O) groups excluding carboxylic acids is 2. The number of carbonyl (C=O) groups is 2. The summed E-state index contributed by atoms with van der Waals surface area (Å²) in [6.45, 7) is 4.02. The molecule has 2 N–H and O–H groups in total. The number of thiophene rings is 1. The van der Waals surface area contributed by atoms with Gasteiger partial charge in [0.25, 0.3) is 5.56 Å². The van der Waals surface area contributed by atoms with Crippen molar-refractivity contribution in [2.75, 3.05) is 6.61 Å². The normalized spacial score (nSPS) is 10.8. The Morgan fingerprint density at radius 2 is 1.96 bits per heavy atom. The van der Waals surface area contributed by atoms with Gasteiger partial charge in [-0.2, -0.15) is 0 Å².